The zero-order chi connectivity index (χ0) is 33.3. The lowest BCUT2D eigenvalue weighted by atomic mass is 9.67. The summed E-state index contributed by atoms with van der Waals surface area (Å²) in [4.78, 5) is 2.50. The van der Waals surface area contributed by atoms with Crippen molar-refractivity contribution in [1.82, 2.24) is 0 Å². The largest absolute Gasteiger partial charge is 0.310 e. The minimum atomic E-state index is -0.425. The maximum Gasteiger partial charge on any atom is 0.0714 e. The Balaban J connectivity index is 1.22. The zero-order valence-electron chi connectivity index (χ0n) is 29.1. The molecule has 0 aromatic heterocycles. The van der Waals surface area contributed by atoms with E-state index in [-0.39, 0.29) is 0 Å². The molecule has 0 aliphatic heterocycles. The Bertz CT molecular complexity index is 1950. The minimum Gasteiger partial charge on any atom is -0.310 e. The molecule has 248 valence electrons. The fraction of sp³-hybridized carbons (Fsp3) is 0.265. The van der Waals surface area contributed by atoms with Crippen molar-refractivity contribution in [3.63, 3.8) is 0 Å². The molecule has 6 aromatic rings. The van der Waals surface area contributed by atoms with E-state index in [9.17, 15) is 0 Å². The summed E-state index contributed by atoms with van der Waals surface area (Å²) in [6.07, 6.45) is 13.5. The van der Waals surface area contributed by atoms with Crippen molar-refractivity contribution in [2.24, 2.45) is 0 Å². The average molecular weight is 650 g/mol. The van der Waals surface area contributed by atoms with Gasteiger partial charge < -0.3 is 4.90 Å². The number of fused-ring (bicyclic) bond motifs is 3. The van der Waals surface area contributed by atoms with Gasteiger partial charge in [0.2, 0.25) is 0 Å². The summed E-state index contributed by atoms with van der Waals surface area (Å²) in [6.45, 7) is 0. The third-order valence-corrected chi connectivity index (χ3v) is 12.2. The summed E-state index contributed by atoms with van der Waals surface area (Å²) in [5.74, 6) is 1.38. The van der Waals surface area contributed by atoms with Crippen molar-refractivity contribution < 1.29 is 0 Å². The second-order valence-corrected chi connectivity index (χ2v) is 14.9. The van der Waals surface area contributed by atoms with Gasteiger partial charge in [0.1, 0.15) is 0 Å². The van der Waals surface area contributed by atoms with E-state index < -0.39 is 5.41 Å². The quantitative estimate of drug-likeness (QED) is 0.166. The molecular weight excluding hydrogens is 603 g/mol. The van der Waals surface area contributed by atoms with Crippen LogP contribution in [0.3, 0.4) is 0 Å². The van der Waals surface area contributed by atoms with Gasteiger partial charge in [-0.05, 0) is 118 Å². The predicted octanol–water partition coefficient (Wildman–Crippen LogP) is 13.6. The van der Waals surface area contributed by atoms with Gasteiger partial charge in [-0.1, -0.05) is 154 Å². The molecule has 2 saturated carbocycles. The first-order valence-electron chi connectivity index (χ1n) is 19.2. The van der Waals surface area contributed by atoms with Crippen LogP contribution in [0, 0.1) is 0 Å². The number of benzene rings is 6. The molecule has 0 radical (unpaired) electrons. The van der Waals surface area contributed by atoms with Crippen LogP contribution in [-0.2, 0) is 5.41 Å². The van der Waals surface area contributed by atoms with E-state index in [2.05, 4.69) is 157 Å². The van der Waals surface area contributed by atoms with Crippen LogP contribution >= 0.6 is 0 Å². The number of anilines is 3. The standard InChI is InChI=1S/C49H47N/c1-5-15-36(16-6-1)38-25-29-42(30-26-38)50(43-31-27-39(28-32-43)37-17-7-2-8-18-37)44-33-34-46-45-23-13-14-24-47(45)49(48(46)35-44,40-19-9-3-10-20-40)41-21-11-4-12-22-41/h3-4,9-14,19-37H,1-2,5-8,15-18H2. The minimum absolute atomic E-state index is 0.425. The summed E-state index contributed by atoms with van der Waals surface area (Å²) in [5, 5.41) is 0. The highest BCUT2D eigenvalue weighted by Crippen LogP contribution is 2.57. The molecule has 2 fully saturated rings. The molecule has 6 aromatic carbocycles. The topological polar surface area (TPSA) is 3.24 Å². The van der Waals surface area contributed by atoms with Gasteiger partial charge in [-0.2, -0.15) is 0 Å². The van der Waals surface area contributed by atoms with Gasteiger partial charge in [-0.25, -0.2) is 0 Å². The SMILES string of the molecule is c1ccc(C2(c3ccccc3)c3ccccc3-c3ccc(N(c4ccc(C5CCCCC5)cc4)c4ccc(C5CCCCC5)cc4)cc32)cc1. The first-order valence-corrected chi connectivity index (χ1v) is 19.2. The van der Waals surface area contributed by atoms with E-state index in [1.165, 1.54) is 126 Å². The fourth-order valence-electron chi connectivity index (χ4n) is 9.68. The monoisotopic (exact) mass is 649 g/mol. The molecule has 0 amide bonds. The molecule has 3 aliphatic carbocycles. The number of hydrogen-bond donors (Lipinski definition) is 0. The Morgan fingerprint density at radius 1 is 0.380 bits per heavy atom. The summed E-state index contributed by atoms with van der Waals surface area (Å²) in [7, 11) is 0. The average Bonchev–Trinajstić information content (AvgIpc) is 3.50. The summed E-state index contributed by atoms with van der Waals surface area (Å²) in [5.41, 5.74) is 14.1. The molecule has 1 nitrogen and oxygen atoms in total. The third kappa shape index (κ3) is 5.39. The summed E-state index contributed by atoms with van der Waals surface area (Å²) in [6, 6.07) is 57.8. The summed E-state index contributed by atoms with van der Waals surface area (Å²) < 4.78 is 0. The van der Waals surface area contributed by atoms with Gasteiger partial charge in [-0.15, -0.1) is 0 Å². The molecule has 0 atom stereocenters. The normalized spacial score (nSPS) is 17.2. The first kappa shape index (κ1) is 31.1. The van der Waals surface area contributed by atoms with Gasteiger partial charge in [0, 0.05) is 17.1 Å². The van der Waals surface area contributed by atoms with Crippen molar-refractivity contribution in [3.05, 3.63) is 185 Å². The molecule has 9 rings (SSSR count). The van der Waals surface area contributed by atoms with E-state index in [1.807, 2.05) is 0 Å². The van der Waals surface area contributed by atoms with Gasteiger partial charge in [0.15, 0.2) is 0 Å². The van der Waals surface area contributed by atoms with Crippen LogP contribution in [0.5, 0.6) is 0 Å². The van der Waals surface area contributed by atoms with Gasteiger partial charge in [0.05, 0.1) is 5.41 Å². The lowest BCUT2D eigenvalue weighted by molar-refractivity contribution is 0.443. The van der Waals surface area contributed by atoms with Crippen molar-refractivity contribution >= 4 is 17.1 Å². The number of rotatable bonds is 7. The van der Waals surface area contributed by atoms with Crippen LogP contribution < -0.4 is 4.90 Å². The maximum absolute atomic E-state index is 2.50. The first-order chi connectivity index (χ1) is 24.8. The van der Waals surface area contributed by atoms with Crippen molar-refractivity contribution in [1.29, 1.82) is 0 Å². The van der Waals surface area contributed by atoms with Gasteiger partial charge in [0.25, 0.3) is 0 Å². The van der Waals surface area contributed by atoms with E-state index in [0.717, 1.165) is 0 Å². The van der Waals surface area contributed by atoms with Crippen LogP contribution in [-0.4, -0.2) is 0 Å². The van der Waals surface area contributed by atoms with Crippen molar-refractivity contribution in [2.45, 2.75) is 81.5 Å². The summed E-state index contributed by atoms with van der Waals surface area (Å²) >= 11 is 0. The van der Waals surface area contributed by atoms with Crippen LogP contribution in [0.4, 0.5) is 17.1 Å². The Morgan fingerprint density at radius 2 is 0.820 bits per heavy atom. The fourth-order valence-corrected chi connectivity index (χ4v) is 9.68. The molecule has 0 saturated heterocycles. The molecule has 0 bridgehead atoms. The Morgan fingerprint density at radius 3 is 1.34 bits per heavy atom. The van der Waals surface area contributed by atoms with Crippen LogP contribution in [0.2, 0.25) is 0 Å². The van der Waals surface area contributed by atoms with Gasteiger partial charge >= 0.3 is 0 Å². The van der Waals surface area contributed by atoms with Crippen molar-refractivity contribution in [2.75, 3.05) is 4.90 Å². The molecule has 0 spiro atoms. The highest BCUT2D eigenvalue weighted by atomic mass is 15.1. The molecule has 3 aliphatic rings. The predicted molar refractivity (Wildman–Crippen MR) is 210 cm³/mol. The Kier molecular flexibility index (Phi) is 8.37. The van der Waals surface area contributed by atoms with Crippen LogP contribution in [0.1, 0.15) is 109 Å². The molecule has 1 heteroatoms. The molecule has 0 N–H and O–H groups in total. The Labute approximate surface area is 298 Å². The number of nitrogens with zero attached hydrogens (tertiary/aromatic N) is 1. The molecule has 0 unspecified atom stereocenters. The highest BCUT2D eigenvalue weighted by molar-refractivity contribution is 5.89. The van der Waals surface area contributed by atoms with E-state index >= 15 is 0 Å². The van der Waals surface area contributed by atoms with Gasteiger partial charge in [-0.3, -0.25) is 0 Å². The van der Waals surface area contributed by atoms with Crippen LogP contribution in [0.15, 0.2) is 152 Å². The number of hydrogen-bond acceptors (Lipinski definition) is 1. The lowest BCUT2D eigenvalue weighted by Crippen LogP contribution is -2.28. The smallest absolute Gasteiger partial charge is 0.0714 e. The molecular formula is C49H47N. The Hall–Kier alpha value is -4.88. The second kappa shape index (κ2) is 13.4. The lowest BCUT2D eigenvalue weighted by Gasteiger charge is -2.35. The van der Waals surface area contributed by atoms with Crippen LogP contribution in [0.25, 0.3) is 11.1 Å². The maximum atomic E-state index is 2.50. The molecule has 50 heavy (non-hydrogen) atoms. The van der Waals surface area contributed by atoms with E-state index in [1.54, 1.807) is 0 Å². The van der Waals surface area contributed by atoms with E-state index in [0.29, 0.717) is 11.8 Å². The van der Waals surface area contributed by atoms with Crippen molar-refractivity contribution in [3.8, 4) is 11.1 Å². The second-order valence-electron chi connectivity index (χ2n) is 14.9. The zero-order valence-corrected chi connectivity index (χ0v) is 29.1. The molecule has 0 heterocycles. The van der Waals surface area contributed by atoms with E-state index in [4.69, 9.17) is 0 Å². The third-order valence-electron chi connectivity index (χ3n) is 12.2. The highest BCUT2D eigenvalue weighted by Gasteiger charge is 2.46.